The fraction of sp³-hybridized carbons (Fsp3) is 0.350. The van der Waals surface area contributed by atoms with Gasteiger partial charge in [-0.05, 0) is 38.7 Å². The molecule has 5 nitrogen and oxygen atoms in total. The Morgan fingerprint density at radius 3 is 2.28 bits per heavy atom. The van der Waals surface area contributed by atoms with Crippen molar-refractivity contribution in [2.45, 2.75) is 25.2 Å². The largest absolute Gasteiger partial charge is 0.482 e. The lowest BCUT2D eigenvalue weighted by Crippen LogP contribution is -2.50. The number of amides is 1. The van der Waals surface area contributed by atoms with Crippen LogP contribution in [-0.4, -0.2) is 43.7 Å². The van der Waals surface area contributed by atoms with Crippen molar-refractivity contribution in [3.05, 3.63) is 60.2 Å². The van der Waals surface area contributed by atoms with Gasteiger partial charge < -0.3 is 19.7 Å². The summed E-state index contributed by atoms with van der Waals surface area (Å²) in [7, 11) is 4.01. The molecule has 1 aliphatic rings. The molecular weight excluding hydrogens is 316 g/mol. The lowest BCUT2D eigenvalue weighted by molar-refractivity contribution is -0.133. The second-order valence-corrected chi connectivity index (χ2v) is 6.44. The molecular formula is C20H24N2O3. The number of ether oxygens (including phenoxy) is 2. The van der Waals surface area contributed by atoms with E-state index in [9.17, 15) is 4.79 Å². The fourth-order valence-electron chi connectivity index (χ4n) is 2.98. The molecule has 3 rings (SSSR count). The first-order valence-electron chi connectivity index (χ1n) is 8.47. The number of nitrogens with zero attached hydrogens (tertiary/aromatic N) is 1. The van der Waals surface area contributed by atoms with Crippen LogP contribution in [0.4, 0.5) is 0 Å². The van der Waals surface area contributed by atoms with Gasteiger partial charge in [-0.25, -0.2) is 0 Å². The Balaban J connectivity index is 1.66. The summed E-state index contributed by atoms with van der Waals surface area (Å²) in [5.41, 5.74) is 1.16. The first-order chi connectivity index (χ1) is 12.1. The monoisotopic (exact) mass is 340 g/mol. The minimum absolute atomic E-state index is 0.0947. The molecule has 3 atom stereocenters. The van der Waals surface area contributed by atoms with E-state index in [-0.39, 0.29) is 18.1 Å². The minimum Gasteiger partial charge on any atom is -0.482 e. The quantitative estimate of drug-likeness (QED) is 0.909. The zero-order valence-corrected chi connectivity index (χ0v) is 14.8. The van der Waals surface area contributed by atoms with Gasteiger partial charge >= 0.3 is 0 Å². The fourth-order valence-corrected chi connectivity index (χ4v) is 2.98. The van der Waals surface area contributed by atoms with Gasteiger partial charge in [0.15, 0.2) is 11.5 Å². The second-order valence-electron chi connectivity index (χ2n) is 6.44. The number of likely N-dealkylation sites (N-methyl/N-ethyl adjacent to an activating group) is 1. The molecule has 0 saturated carbocycles. The molecule has 0 bridgehead atoms. The van der Waals surface area contributed by atoms with E-state index in [4.69, 9.17) is 9.47 Å². The molecule has 1 aliphatic heterocycles. The summed E-state index contributed by atoms with van der Waals surface area (Å²) in [6, 6.07) is 17.6. The highest BCUT2D eigenvalue weighted by Crippen LogP contribution is 2.33. The van der Waals surface area contributed by atoms with Crippen LogP contribution in [0.2, 0.25) is 0 Å². The van der Waals surface area contributed by atoms with Crippen molar-refractivity contribution in [3.63, 3.8) is 0 Å². The van der Waals surface area contributed by atoms with Crippen molar-refractivity contribution in [2.75, 3.05) is 20.6 Å². The van der Waals surface area contributed by atoms with Crippen LogP contribution >= 0.6 is 0 Å². The van der Waals surface area contributed by atoms with Crippen molar-refractivity contribution in [1.82, 2.24) is 10.2 Å². The van der Waals surface area contributed by atoms with E-state index in [1.807, 2.05) is 63.5 Å². The van der Waals surface area contributed by atoms with Crippen LogP contribution in [0.25, 0.3) is 0 Å². The number of carbonyl (C=O) groups excluding carboxylic acids is 1. The lowest BCUT2D eigenvalue weighted by Gasteiger charge is -2.32. The summed E-state index contributed by atoms with van der Waals surface area (Å²) < 4.78 is 11.7. The van der Waals surface area contributed by atoms with E-state index in [0.717, 1.165) is 5.56 Å². The molecule has 1 N–H and O–H groups in total. The zero-order chi connectivity index (χ0) is 17.8. The summed E-state index contributed by atoms with van der Waals surface area (Å²) in [5.74, 6) is 1.12. The topological polar surface area (TPSA) is 50.8 Å². The number of fused-ring (bicyclic) bond motifs is 1. The maximum absolute atomic E-state index is 12.6. The molecule has 0 radical (unpaired) electrons. The number of benzene rings is 2. The van der Waals surface area contributed by atoms with Gasteiger partial charge in [0.2, 0.25) is 6.10 Å². The van der Waals surface area contributed by atoms with Crippen molar-refractivity contribution >= 4 is 5.91 Å². The van der Waals surface area contributed by atoms with Crippen LogP contribution in [0.15, 0.2) is 54.6 Å². The molecule has 0 fully saturated rings. The van der Waals surface area contributed by atoms with Crippen molar-refractivity contribution in [2.24, 2.45) is 0 Å². The van der Waals surface area contributed by atoms with Gasteiger partial charge in [-0.2, -0.15) is 0 Å². The Morgan fingerprint density at radius 2 is 1.64 bits per heavy atom. The normalized spacial score (nSPS) is 20.2. The Labute approximate surface area is 148 Å². The van der Waals surface area contributed by atoms with E-state index in [0.29, 0.717) is 18.0 Å². The average molecular weight is 340 g/mol. The van der Waals surface area contributed by atoms with E-state index in [1.54, 1.807) is 0 Å². The molecule has 2 aromatic rings. The third-order valence-electron chi connectivity index (χ3n) is 4.38. The maximum Gasteiger partial charge on any atom is 0.265 e. The first-order valence-corrected chi connectivity index (χ1v) is 8.47. The predicted octanol–water partition coefficient (Wildman–Crippen LogP) is 2.63. The molecule has 1 amide bonds. The van der Waals surface area contributed by atoms with E-state index in [2.05, 4.69) is 22.3 Å². The summed E-state index contributed by atoms with van der Waals surface area (Å²) >= 11 is 0. The number of nitrogens with one attached hydrogen (secondary N) is 1. The van der Waals surface area contributed by atoms with E-state index >= 15 is 0 Å². The van der Waals surface area contributed by atoms with Gasteiger partial charge in [0, 0.05) is 6.54 Å². The van der Waals surface area contributed by atoms with Crippen LogP contribution in [0, 0.1) is 0 Å². The van der Waals surface area contributed by atoms with Gasteiger partial charge in [0.1, 0.15) is 6.10 Å². The highest BCUT2D eigenvalue weighted by atomic mass is 16.6. The third-order valence-corrected chi connectivity index (χ3v) is 4.38. The van der Waals surface area contributed by atoms with Crippen molar-refractivity contribution in [1.29, 1.82) is 0 Å². The SMILES string of the molecule is C[C@@H]1Oc2ccccc2O[C@@H]1C(=O)NC[C@@H](c1ccccc1)N(C)C. The number of carbonyl (C=O) groups is 1. The minimum atomic E-state index is -0.659. The standard InChI is InChI=1S/C20H24N2O3/c1-14-19(25-18-12-8-7-11-17(18)24-14)20(23)21-13-16(22(2)3)15-9-5-4-6-10-15/h4-12,14,16,19H,13H2,1-3H3,(H,21,23)/t14-,16-,19-/m0/s1. The summed E-state index contributed by atoms with van der Waals surface area (Å²) in [6.45, 7) is 2.35. The molecule has 132 valence electrons. The Kier molecular flexibility index (Phi) is 5.24. The highest BCUT2D eigenvalue weighted by Gasteiger charge is 2.34. The van der Waals surface area contributed by atoms with Gasteiger partial charge in [-0.3, -0.25) is 4.79 Å². The van der Waals surface area contributed by atoms with Crippen LogP contribution in [-0.2, 0) is 4.79 Å². The van der Waals surface area contributed by atoms with Gasteiger partial charge in [-0.15, -0.1) is 0 Å². The zero-order valence-electron chi connectivity index (χ0n) is 14.8. The van der Waals surface area contributed by atoms with Crippen LogP contribution in [0.1, 0.15) is 18.5 Å². The van der Waals surface area contributed by atoms with Crippen molar-refractivity contribution in [3.8, 4) is 11.5 Å². The van der Waals surface area contributed by atoms with Gasteiger partial charge in [0.25, 0.3) is 5.91 Å². The molecule has 2 aromatic carbocycles. The van der Waals surface area contributed by atoms with Crippen LogP contribution < -0.4 is 14.8 Å². The first kappa shape index (κ1) is 17.3. The second kappa shape index (κ2) is 7.57. The Bertz CT molecular complexity index is 718. The van der Waals surface area contributed by atoms with E-state index < -0.39 is 6.10 Å². The molecule has 0 spiro atoms. The van der Waals surface area contributed by atoms with E-state index in [1.165, 1.54) is 0 Å². The summed E-state index contributed by atoms with van der Waals surface area (Å²) in [4.78, 5) is 14.7. The van der Waals surface area contributed by atoms with Crippen LogP contribution in [0.3, 0.4) is 0 Å². The Morgan fingerprint density at radius 1 is 1.04 bits per heavy atom. The average Bonchev–Trinajstić information content (AvgIpc) is 2.61. The summed E-state index contributed by atoms with van der Waals surface area (Å²) in [6.07, 6.45) is -1.00. The molecule has 0 aromatic heterocycles. The number of para-hydroxylation sites is 2. The number of hydrogen-bond acceptors (Lipinski definition) is 4. The van der Waals surface area contributed by atoms with Crippen LogP contribution in [0.5, 0.6) is 11.5 Å². The molecule has 0 unspecified atom stereocenters. The van der Waals surface area contributed by atoms with Gasteiger partial charge in [0.05, 0.1) is 6.04 Å². The lowest BCUT2D eigenvalue weighted by atomic mass is 10.1. The van der Waals surface area contributed by atoms with Gasteiger partial charge in [-0.1, -0.05) is 42.5 Å². The third kappa shape index (κ3) is 3.94. The van der Waals surface area contributed by atoms with Crippen molar-refractivity contribution < 1.29 is 14.3 Å². The maximum atomic E-state index is 12.6. The molecule has 0 saturated heterocycles. The smallest absolute Gasteiger partial charge is 0.265 e. The summed E-state index contributed by atoms with van der Waals surface area (Å²) in [5, 5.41) is 3.01. The highest BCUT2D eigenvalue weighted by molar-refractivity contribution is 5.82. The predicted molar refractivity (Wildman–Crippen MR) is 96.8 cm³/mol. The molecule has 0 aliphatic carbocycles. The molecule has 1 heterocycles. The Hall–Kier alpha value is -2.53. The number of rotatable bonds is 5. The molecule has 25 heavy (non-hydrogen) atoms. The molecule has 5 heteroatoms. The number of hydrogen-bond donors (Lipinski definition) is 1.